The quantitative estimate of drug-likeness (QED) is 0.753. The average Bonchev–Trinajstić information content (AvgIpc) is 2.43. The smallest absolute Gasteiger partial charge is 0.119 e. The van der Waals surface area contributed by atoms with Crippen LogP contribution >= 0.6 is 0 Å². The van der Waals surface area contributed by atoms with Crippen LogP contribution in [0.3, 0.4) is 0 Å². The first-order chi connectivity index (χ1) is 8.71. The van der Waals surface area contributed by atoms with E-state index >= 15 is 0 Å². The summed E-state index contributed by atoms with van der Waals surface area (Å²) in [5, 5.41) is 3.42. The molecule has 2 unspecified atom stereocenters. The van der Waals surface area contributed by atoms with Crippen LogP contribution in [0, 0.1) is 0 Å². The van der Waals surface area contributed by atoms with Gasteiger partial charge >= 0.3 is 0 Å². The molecule has 0 saturated carbocycles. The topological polar surface area (TPSA) is 21.3 Å². The van der Waals surface area contributed by atoms with Crippen molar-refractivity contribution in [1.29, 1.82) is 0 Å². The third-order valence-electron chi connectivity index (χ3n) is 3.50. The lowest BCUT2D eigenvalue weighted by Crippen LogP contribution is -2.33. The van der Waals surface area contributed by atoms with Crippen LogP contribution < -0.4 is 10.1 Å². The van der Waals surface area contributed by atoms with Crippen molar-refractivity contribution in [3.8, 4) is 5.75 Å². The van der Waals surface area contributed by atoms with E-state index in [9.17, 15) is 0 Å². The van der Waals surface area contributed by atoms with Crippen molar-refractivity contribution < 1.29 is 4.74 Å². The summed E-state index contributed by atoms with van der Waals surface area (Å²) in [7, 11) is 0. The maximum Gasteiger partial charge on any atom is 0.119 e. The van der Waals surface area contributed by atoms with E-state index in [2.05, 4.69) is 57.3 Å². The third kappa shape index (κ3) is 4.69. The zero-order valence-electron chi connectivity index (χ0n) is 12.2. The van der Waals surface area contributed by atoms with Crippen molar-refractivity contribution in [1.82, 2.24) is 5.32 Å². The molecule has 0 aliphatic rings. The van der Waals surface area contributed by atoms with Gasteiger partial charge in [-0.05, 0) is 43.0 Å². The predicted octanol–water partition coefficient (Wildman–Crippen LogP) is 3.97. The van der Waals surface area contributed by atoms with Gasteiger partial charge in [-0.25, -0.2) is 0 Å². The molecule has 0 aromatic heterocycles. The minimum atomic E-state index is 0.448. The fraction of sp³-hybridized carbons (Fsp3) is 0.625. The van der Waals surface area contributed by atoms with Crippen LogP contribution in [0.15, 0.2) is 24.3 Å². The second-order valence-corrected chi connectivity index (χ2v) is 4.85. The number of ether oxygens (including phenoxy) is 1. The van der Waals surface area contributed by atoms with E-state index in [0.29, 0.717) is 12.0 Å². The third-order valence-corrected chi connectivity index (χ3v) is 3.50. The van der Waals surface area contributed by atoms with Crippen LogP contribution in [0.25, 0.3) is 0 Å². The monoisotopic (exact) mass is 249 g/mol. The molecule has 0 aliphatic heterocycles. The normalized spacial score (nSPS) is 14.2. The van der Waals surface area contributed by atoms with Crippen molar-refractivity contribution in [2.45, 2.75) is 52.5 Å². The number of nitrogens with one attached hydrogen (secondary N) is 1. The van der Waals surface area contributed by atoms with E-state index in [4.69, 9.17) is 4.74 Å². The molecular formula is C16H27NO. The second kappa shape index (κ2) is 8.15. The first-order valence-corrected chi connectivity index (χ1v) is 7.17. The number of hydrogen-bond acceptors (Lipinski definition) is 2. The van der Waals surface area contributed by atoms with E-state index in [0.717, 1.165) is 25.3 Å². The molecule has 18 heavy (non-hydrogen) atoms. The molecule has 0 heterocycles. The molecule has 1 rings (SSSR count). The number of likely N-dealkylation sites (N-methyl/N-ethyl adjacent to an activating group) is 1. The Morgan fingerprint density at radius 2 is 1.72 bits per heavy atom. The van der Waals surface area contributed by atoms with Crippen molar-refractivity contribution in [3.05, 3.63) is 29.8 Å². The molecule has 0 radical (unpaired) electrons. The van der Waals surface area contributed by atoms with Gasteiger partial charge in [0.2, 0.25) is 0 Å². The van der Waals surface area contributed by atoms with Crippen molar-refractivity contribution in [2.24, 2.45) is 0 Å². The molecule has 0 aliphatic carbocycles. The number of benzene rings is 1. The minimum absolute atomic E-state index is 0.448. The summed E-state index contributed by atoms with van der Waals surface area (Å²) in [6.07, 6.45) is 2.28. The van der Waals surface area contributed by atoms with Crippen LogP contribution in [0.2, 0.25) is 0 Å². The second-order valence-electron chi connectivity index (χ2n) is 4.85. The summed E-state index contributed by atoms with van der Waals surface area (Å²) >= 11 is 0. The largest absolute Gasteiger partial charge is 0.492 e. The van der Waals surface area contributed by atoms with Gasteiger partial charge in [0.15, 0.2) is 0 Å². The Morgan fingerprint density at radius 3 is 2.22 bits per heavy atom. The van der Waals surface area contributed by atoms with Crippen LogP contribution in [-0.2, 0) is 0 Å². The summed E-state index contributed by atoms with van der Waals surface area (Å²) in [6.45, 7) is 10.5. The molecular weight excluding hydrogens is 222 g/mol. The van der Waals surface area contributed by atoms with Crippen LogP contribution in [0.1, 0.15) is 52.0 Å². The van der Waals surface area contributed by atoms with Gasteiger partial charge in [0.05, 0.1) is 0 Å². The molecule has 0 spiro atoms. The van der Waals surface area contributed by atoms with Gasteiger partial charge in [-0.1, -0.05) is 39.8 Å². The molecule has 0 amide bonds. The van der Waals surface area contributed by atoms with Gasteiger partial charge in [0.1, 0.15) is 12.4 Å². The molecule has 1 aromatic rings. The van der Waals surface area contributed by atoms with Crippen LogP contribution in [0.5, 0.6) is 5.75 Å². The molecule has 0 saturated heterocycles. The van der Waals surface area contributed by atoms with E-state index in [1.165, 1.54) is 12.0 Å². The van der Waals surface area contributed by atoms with Gasteiger partial charge in [-0.15, -0.1) is 0 Å². The molecule has 0 fully saturated rings. The zero-order valence-corrected chi connectivity index (χ0v) is 12.2. The minimum Gasteiger partial charge on any atom is -0.492 e. The van der Waals surface area contributed by atoms with Crippen molar-refractivity contribution in [3.63, 3.8) is 0 Å². The molecule has 102 valence electrons. The summed E-state index contributed by atoms with van der Waals surface area (Å²) < 4.78 is 5.82. The number of hydrogen-bond donors (Lipinski definition) is 1. The van der Waals surface area contributed by atoms with Crippen LogP contribution in [0.4, 0.5) is 0 Å². The van der Waals surface area contributed by atoms with Crippen molar-refractivity contribution in [2.75, 3.05) is 13.2 Å². The molecule has 1 aromatic carbocycles. The molecule has 2 atom stereocenters. The van der Waals surface area contributed by atoms with Gasteiger partial charge in [0, 0.05) is 6.04 Å². The van der Waals surface area contributed by atoms with Gasteiger partial charge in [-0.2, -0.15) is 0 Å². The fourth-order valence-corrected chi connectivity index (χ4v) is 1.93. The Hall–Kier alpha value is -1.02. The highest BCUT2D eigenvalue weighted by Crippen LogP contribution is 2.21. The summed E-state index contributed by atoms with van der Waals surface area (Å²) in [5.41, 5.74) is 1.39. The highest BCUT2D eigenvalue weighted by atomic mass is 16.5. The van der Waals surface area contributed by atoms with Crippen LogP contribution in [-0.4, -0.2) is 19.2 Å². The van der Waals surface area contributed by atoms with Gasteiger partial charge in [-0.3, -0.25) is 0 Å². The first-order valence-electron chi connectivity index (χ1n) is 7.17. The Labute approximate surface area is 112 Å². The molecule has 1 N–H and O–H groups in total. The Balaban J connectivity index is 2.48. The number of rotatable bonds is 8. The summed E-state index contributed by atoms with van der Waals surface area (Å²) in [4.78, 5) is 0. The SMILES string of the molecule is CCNC(CC)COc1ccc(C(C)CC)cc1. The first kappa shape index (κ1) is 15.0. The average molecular weight is 249 g/mol. The van der Waals surface area contributed by atoms with E-state index in [1.54, 1.807) is 0 Å². The summed E-state index contributed by atoms with van der Waals surface area (Å²) in [6, 6.07) is 8.97. The lowest BCUT2D eigenvalue weighted by atomic mass is 9.99. The lowest BCUT2D eigenvalue weighted by Gasteiger charge is -2.17. The predicted molar refractivity (Wildman–Crippen MR) is 78.4 cm³/mol. The van der Waals surface area contributed by atoms with Gasteiger partial charge < -0.3 is 10.1 Å². The van der Waals surface area contributed by atoms with Gasteiger partial charge in [0.25, 0.3) is 0 Å². The van der Waals surface area contributed by atoms with E-state index in [-0.39, 0.29) is 0 Å². The fourth-order valence-electron chi connectivity index (χ4n) is 1.93. The maximum absolute atomic E-state index is 5.82. The summed E-state index contributed by atoms with van der Waals surface area (Å²) in [5.74, 6) is 1.60. The molecule has 2 nitrogen and oxygen atoms in total. The Morgan fingerprint density at radius 1 is 1.06 bits per heavy atom. The lowest BCUT2D eigenvalue weighted by molar-refractivity contribution is 0.262. The molecule has 2 heteroatoms. The van der Waals surface area contributed by atoms with E-state index in [1.807, 2.05) is 0 Å². The Bertz CT molecular complexity index is 320. The highest BCUT2D eigenvalue weighted by Gasteiger charge is 2.06. The Kier molecular flexibility index (Phi) is 6.81. The standard InChI is InChI=1S/C16H27NO/c1-5-13(4)14-8-10-16(11-9-14)18-12-15(6-2)17-7-3/h8-11,13,15,17H,5-7,12H2,1-4H3. The van der Waals surface area contributed by atoms with Crippen molar-refractivity contribution >= 4 is 0 Å². The maximum atomic E-state index is 5.82. The zero-order chi connectivity index (χ0) is 13.4. The van der Waals surface area contributed by atoms with E-state index < -0.39 is 0 Å². The molecule has 0 bridgehead atoms. The highest BCUT2D eigenvalue weighted by molar-refractivity contribution is 5.29.